The Hall–Kier alpha value is -5.39. The van der Waals surface area contributed by atoms with E-state index in [1.165, 1.54) is 42.9 Å². The number of thiazole rings is 1. The van der Waals surface area contributed by atoms with Crippen LogP contribution in [-0.2, 0) is 9.59 Å². The zero-order chi connectivity index (χ0) is 34.0. The van der Waals surface area contributed by atoms with Crippen LogP contribution in [-0.4, -0.2) is 42.2 Å². The molecule has 5 aromatic rings. The van der Waals surface area contributed by atoms with Gasteiger partial charge in [0.15, 0.2) is 16.6 Å². The molecular weight excluding hydrogens is 645 g/mol. The second-order valence-electron chi connectivity index (χ2n) is 10.6. The quantitative estimate of drug-likeness (QED) is 0.0916. The number of methoxy groups -OCH3 is 2. The summed E-state index contributed by atoms with van der Waals surface area (Å²) in [5.41, 5.74) is 4.55. The van der Waals surface area contributed by atoms with Gasteiger partial charge in [0.25, 0.3) is 11.8 Å². The van der Waals surface area contributed by atoms with Crippen LogP contribution in [0.25, 0.3) is 17.3 Å². The minimum Gasteiger partial charge on any atom is -0.493 e. The average Bonchev–Trinajstić information content (AvgIpc) is 3.57. The Morgan fingerprint density at radius 2 is 1.56 bits per heavy atom. The molecular formula is C37H34N4O5S2. The van der Waals surface area contributed by atoms with Crippen LogP contribution in [0, 0.1) is 6.92 Å². The topological polar surface area (TPSA) is 119 Å². The Labute approximate surface area is 287 Å². The number of benzene rings is 4. The summed E-state index contributed by atoms with van der Waals surface area (Å²) in [5, 5.41) is 10.6. The van der Waals surface area contributed by atoms with Gasteiger partial charge in [-0.3, -0.25) is 14.4 Å². The van der Waals surface area contributed by atoms with Gasteiger partial charge in [-0.2, -0.15) is 0 Å². The van der Waals surface area contributed by atoms with E-state index in [4.69, 9.17) is 9.47 Å². The number of nitrogens with zero attached hydrogens (tertiary/aromatic N) is 1. The molecule has 1 unspecified atom stereocenters. The van der Waals surface area contributed by atoms with Gasteiger partial charge < -0.3 is 25.4 Å². The van der Waals surface area contributed by atoms with E-state index in [1.54, 1.807) is 60.7 Å². The highest BCUT2D eigenvalue weighted by Gasteiger charge is 2.18. The summed E-state index contributed by atoms with van der Waals surface area (Å²) in [6.45, 7) is 3.86. The fourth-order valence-electron chi connectivity index (χ4n) is 4.52. The number of hydrogen-bond donors (Lipinski definition) is 3. The number of hydrogen-bond acceptors (Lipinski definition) is 8. The summed E-state index contributed by atoms with van der Waals surface area (Å²) >= 11 is 2.77. The highest BCUT2D eigenvalue weighted by atomic mass is 32.2. The van der Waals surface area contributed by atoms with Crippen molar-refractivity contribution >= 4 is 57.7 Å². The van der Waals surface area contributed by atoms with Crippen LogP contribution in [0.5, 0.6) is 11.5 Å². The van der Waals surface area contributed by atoms with Crippen LogP contribution in [0.4, 0.5) is 10.8 Å². The van der Waals surface area contributed by atoms with Gasteiger partial charge in [0, 0.05) is 27.1 Å². The van der Waals surface area contributed by atoms with Crippen LogP contribution >= 0.6 is 23.1 Å². The summed E-state index contributed by atoms with van der Waals surface area (Å²) in [5.74, 6) is -0.0956. The zero-order valence-electron chi connectivity index (χ0n) is 26.8. The Morgan fingerprint density at radius 1 is 0.854 bits per heavy atom. The first kappa shape index (κ1) is 34.0. The third-order valence-corrected chi connectivity index (χ3v) is 8.99. The summed E-state index contributed by atoms with van der Waals surface area (Å²) in [7, 11) is 3.06. The van der Waals surface area contributed by atoms with Crippen molar-refractivity contribution in [3.8, 4) is 22.8 Å². The van der Waals surface area contributed by atoms with Gasteiger partial charge in [-0.15, -0.1) is 23.1 Å². The molecule has 0 radical (unpaired) electrons. The van der Waals surface area contributed by atoms with E-state index in [1.807, 2.05) is 61.7 Å². The molecule has 0 saturated heterocycles. The smallest absolute Gasteiger partial charge is 0.272 e. The Balaban J connectivity index is 1.24. The van der Waals surface area contributed by atoms with Gasteiger partial charge in [0.05, 0.1) is 25.2 Å². The number of rotatable bonds is 12. The average molecular weight is 679 g/mol. The first-order valence-corrected chi connectivity index (χ1v) is 16.7. The molecule has 9 nitrogen and oxygen atoms in total. The van der Waals surface area contributed by atoms with Gasteiger partial charge in [-0.1, -0.05) is 54.1 Å². The molecule has 0 spiro atoms. The Morgan fingerprint density at radius 3 is 2.25 bits per heavy atom. The fraction of sp³-hybridized carbons (Fsp3) is 0.135. The number of carbonyl (C=O) groups excluding carboxylic acids is 3. The molecule has 3 N–H and O–H groups in total. The van der Waals surface area contributed by atoms with Crippen LogP contribution in [0.15, 0.2) is 113 Å². The van der Waals surface area contributed by atoms with E-state index >= 15 is 0 Å². The van der Waals surface area contributed by atoms with Crippen molar-refractivity contribution in [2.24, 2.45) is 0 Å². The van der Waals surface area contributed by atoms with Crippen molar-refractivity contribution in [3.05, 3.63) is 125 Å². The summed E-state index contributed by atoms with van der Waals surface area (Å²) in [4.78, 5) is 44.8. The van der Waals surface area contributed by atoms with E-state index in [0.29, 0.717) is 33.4 Å². The third-order valence-electron chi connectivity index (χ3n) is 7.12. The predicted octanol–water partition coefficient (Wildman–Crippen LogP) is 7.66. The minimum atomic E-state index is -0.518. The van der Waals surface area contributed by atoms with E-state index in [0.717, 1.165) is 16.2 Å². The van der Waals surface area contributed by atoms with E-state index in [-0.39, 0.29) is 11.6 Å². The second kappa shape index (κ2) is 15.9. The standard InChI is InChI=1S/C37H34N4O5S2/c1-23-10-13-26(14-11-23)31-22-47-37(40-31)41-34(42)24(2)48-29-17-15-28(16-18-29)38-36(44)30(39-35(43)27-8-6-5-7-9-27)20-25-12-19-32(45-3)33(21-25)46-4/h5-22,24H,1-4H3,(H,38,44)(H,39,43)(H,40,41,42)/b30-20-. The highest BCUT2D eigenvalue weighted by molar-refractivity contribution is 8.00. The molecule has 5 rings (SSSR count). The van der Waals surface area contributed by atoms with Crippen LogP contribution in [0.3, 0.4) is 0 Å². The zero-order valence-corrected chi connectivity index (χ0v) is 28.4. The molecule has 11 heteroatoms. The molecule has 48 heavy (non-hydrogen) atoms. The first-order chi connectivity index (χ1) is 23.2. The fourth-order valence-corrected chi connectivity index (χ4v) is 6.11. The summed E-state index contributed by atoms with van der Waals surface area (Å²) in [6.07, 6.45) is 1.56. The molecule has 0 bridgehead atoms. The molecule has 0 fully saturated rings. The molecule has 3 amide bonds. The van der Waals surface area contributed by atoms with E-state index in [2.05, 4.69) is 20.9 Å². The first-order valence-electron chi connectivity index (χ1n) is 14.9. The molecule has 1 heterocycles. The summed E-state index contributed by atoms with van der Waals surface area (Å²) in [6, 6.07) is 29.0. The second-order valence-corrected chi connectivity index (χ2v) is 12.9. The third kappa shape index (κ3) is 8.90. The van der Waals surface area contributed by atoms with Crippen molar-refractivity contribution in [1.29, 1.82) is 0 Å². The molecule has 1 atom stereocenters. The van der Waals surface area contributed by atoms with Gasteiger partial charge in [0.1, 0.15) is 5.70 Å². The monoisotopic (exact) mass is 678 g/mol. The van der Waals surface area contributed by atoms with Crippen molar-refractivity contribution in [2.75, 3.05) is 24.9 Å². The lowest BCUT2D eigenvalue weighted by atomic mass is 10.1. The number of amides is 3. The lowest BCUT2D eigenvalue weighted by molar-refractivity contribution is -0.115. The number of thioether (sulfide) groups is 1. The SMILES string of the molecule is COc1ccc(/C=C(\NC(=O)c2ccccc2)C(=O)Nc2ccc(SC(C)C(=O)Nc3nc(-c4ccc(C)cc4)cs3)cc2)cc1OC. The number of ether oxygens (including phenoxy) is 2. The summed E-state index contributed by atoms with van der Waals surface area (Å²) < 4.78 is 10.7. The number of aryl methyl sites for hydroxylation is 1. The predicted molar refractivity (Wildman–Crippen MR) is 193 cm³/mol. The van der Waals surface area contributed by atoms with Gasteiger partial charge in [-0.05, 0) is 74.0 Å². The maximum atomic E-state index is 13.5. The normalized spacial score (nSPS) is 11.7. The largest absolute Gasteiger partial charge is 0.493 e. The molecule has 244 valence electrons. The van der Waals surface area contributed by atoms with E-state index < -0.39 is 17.1 Å². The lowest BCUT2D eigenvalue weighted by Gasteiger charge is -2.13. The van der Waals surface area contributed by atoms with Crippen molar-refractivity contribution in [3.63, 3.8) is 0 Å². The van der Waals surface area contributed by atoms with Gasteiger partial charge in [0.2, 0.25) is 5.91 Å². The van der Waals surface area contributed by atoms with Crippen molar-refractivity contribution in [2.45, 2.75) is 24.0 Å². The van der Waals surface area contributed by atoms with E-state index in [9.17, 15) is 14.4 Å². The number of nitrogens with one attached hydrogen (secondary N) is 3. The molecule has 1 aromatic heterocycles. The van der Waals surface area contributed by atoms with Crippen LogP contribution < -0.4 is 25.4 Å². The van der Waals surface area contributed by atoms with Crippen molar-refractivity contribution < 1.29 is 23.9 Å². The molecule has 0 aliphatic rings. The maximum Gasteiger partial charge on any atom is 0.272 e. The number of aromatic nitrogens is 1. The number of carbonyl (C=O) groups is 3. The van der Waals surface area contributed by atoms with Crippen LogP contribution in [0.1, 0.15) is 28.4 Å². The number of anilines is 2. The maximum absolute atomic E-state index is 13.5. The highest BCUT2D eigenvalue weighted by Crippen LogP contribution is 2.30. The lowest BCUT2D eigenvalue weighted by Crippen LogP contribution is -2.30. The minimum absolute atomic E-state index is 0.0348. The molecule has 0 saturated carbocycles. The van der Waals surface area contributed by atoms with Gasteiger partial charge in [-0.25, -0.2) is 4.98 Å². The molecule has 4 aromatic carbocycles. The Kier molecular flexibility index (Phi) is 11.3. The van der Waals surface area contributed by atoms with Gasteiger partial charge >= 0.3 is 0 Å². The Bertz CT molecular complexity index is 1920. The van der Waals surface area contributed by atoms with Crippen molar-refractivity contribution in [1.82, 2.24) is 10.3 Å². The molecule has 0 aliphatic carbocycles. The molecule has 0 aliphatic heterocycles. The van der Waals surface area contributed by atoms with Crippen LogP contribution in [0.2, 0.25) is 0 Å².